The Bertz CT molecular complexity index is 836. The summed E-state index contributed by atoms with van der Waals surface area (Å²) in [5.41, 5.74) is 1.91. The Morgan fingerprint density at radius 1 is 1.04 bits per heavy atom. The second-order valence-corrected chi connectivity index (χ2v) is 6.32. The summed E-state index contributed by atoms with van der Waals surface area (Å²) < 4.78 is 1.35. The summed E-state index contributed by atoms with van der Waals surface area (Å²) >= 11 is 0. The highest BCUT2D eigenvalue weighted by Gasteiger charge is 2.13. The smallest absolute Gasteiger partial charge is 0.274 e. The molecule has 2 amide bonds. The van der Waals surface area contributed by atoms with E-state index in [0.29, 0.717) is 11.3 Å². The maximum Gasteiger partial charge on any atom is 0.274 e. The van der Waals surface area contributed by atoms with Gasteiger partial charge in [0, 0.05) is 17.3 Å². The Hall–Kier alpha value is -2.89. The van der Waals surface area contributed by atoms with E-state index in [-0.39, 0.29) is 30.1 Å². The van der Waals surface area contributed by atoms with Crippen molar-refractivity contribution in [2.45, 2.75) is 40.3 Å². The highest BCUT2D eigenvalue weighted by atomic mass is 16.2. The zero-order valence-electron chi connectivity index (χ0n) is 14.9. The predicted octanol–water partition coefficient (Wildman–Crippen LogP) is 2.24. The summed E-state index contributed by atoms with van der Waals surface area (Å²) in [4.78, 5) is 36.9. The van der Waals surface area contributed by atoms with E-state index in [9.17, 15) is 14.4 Å². The Labute approximate surface area is 146 Å². The van der Waals surface area contributed by atoms with Crippen molar-refractivity contribution in [1.82, 2.24) is 9.88 Å². The number of nitrogens with zero attached hydrogens (tertiary/aromatic N) is 1. The molecular weight excluding hydrogens is 318 g/mol. The zero-order valence-corrected chi connectivity index (χ0v) is 14.9. The van der Waals surface area contributed by atoms with Gasteiger partial charge in [-0.2, -0.15) is 0 Å². The molecular formula is C19H23N3O3. The van der Waals surface area contributed by atoms with Crippen LogP contribution in [0.25, 0.3) is 0 Å². The number of anilines is 1. The van der Waals surface area contributed by atoms with Crippen LogP contribution in [0.3, 0.4) is 0 Å². The standard InChI is InChI=1S/C19H23N3O3/c1-12(2)20-17(23)11-22-14(4)7-10-16(19(22)25)21-18(24)15-8-5-13(3)6-9-15/h5-10,12H,11H2,1-4H3,(H,20,23)(H,21,24). The van der Waals surface area contributed by atoms with Crippen LogP contribution in [-0.2, 0) is 11.3 Å². The lowest BCUT2D eigenvalue weighted by molar-refractivity contribution is -0.122. The summed E-state index contributed by atoms with van der Waals surface area (Å²) in [5, 5.41) is 5.37. The lowest BCUT2D eigenvalue weighted by Crippen LogP contribution is -2.37. The molecule has 0 saturated heterocycles. The highest BCUT2D eigenvalue weighted by molar-refractivity contribution is 6.04. The minimum Gasteiger partial charge on any atom is -0.352 e. The molecule has 6 nitrogen and oxygen atoms in total. The SMILES string of the molecule is Cc1ccc(C(=O)Nc2ccc(C)n(CC(=O)NC(C)C)c2=O)cc1. The van der Waals surface area contributed by atoms with Gasteiger partial charge in [-0.25, -0.2) is 0 Å². The van der Waals surface area contributed by atoms with Crippen molar-refractivity contribution in [1.29, 1.82) is 0 Å². The Balaban J connectivity index is 2.23. The first-order valence-corrected chi connectivity index (χ1v) is 8.15. The topological polar surface area (TPSA) is 80.2 Å². The van der Waals surface area contributed by atoms with Crippen LogP contribution in [0.2, 0.25) is 0 Å². The molecule has 0 saturated carbocycles. The number of carbonyl (C=O) groups is 2. The van der Waals surface area contributed by atoms with Crippen molar-refractivity contribution in [3.05, 3.63) is 63.6 Å². The molecule has 1 aromatic heterocycles. The maximum atomic E-state index is 12.6. The molecule has 0 fully saturated rings. The number of carbonyl (C=O) groups excluding carboxylic acids is 2. The zero-order chi connectivity index (χ0) is 18.6. The summed E-state index contributed by atoms with van der Waals surface area (Å²) in [7, 11) is 0. The van der Waals surface area contributed by atoms with E-state index < -0.39 is 5.56 Å². The number of benzene rings is 1. The molecule has 0 bridgehead atoms. The van der Waals surface area contributed by atoms with E-state index in [1.165, 1.54) is 4.57 Å². The van der Waals surface area contributed by atoms with E-state index in [1.807, 2.05) is 32.9 Å². The van der Waals surface area contributed by atoms with Crippen LogP contribution in [-0.4, -0.2) is 22.4 Å². The van der Waals surface area contributed by atoms with Gasteiger partial charge in [-0.3, -0.25) is 14.4 Å². The summed E-state index contributed by atoms with van der Waals surface area (Å²) in [6, 6.07) is 10.3. The van der Waals surface area contributed by atoms with Crippen LogP contribution in [0.15, 0.2) is 41.2 Å². The van der Waals surface area contributed by atoms with Crippen LogP contribution in [0.1, 0.15) is 35.5 Å². The van der Waals surface area contributed by atoms with E-state index in [4.69, 9.17) is 0 Å². The normalized spacial score (nSPS) is 10.6. The van der Waals surface area contributed by atoms with Gasteiger partial charge < -0.3 is 15.2 Å². The largest absolute Gasteiger partial charge is 0.352 e. The van der Waals surface area contributed by atoms with Crippen LogP contribution in [0.4, 0.5) is 5.69 Å². The lowest BCUT2D eigenvalue weighted by Gasteiger charge is -2.14. The molecule has 0 unspecified atom stereocenters. The van der Waals surface area contributed by atoms with E-state index >= 15 is 0 Å². The van der Waals surface area contributed by atoms with Gasteiger partial charge in [-0.05, 0) is 52.0 Å². The van der Waals surface area contributed by atoms with E-state index in [0.717, 1.165) is 5.56 Å². The molecule has 0 atom stereocenters. The van der Waals surface area contributed by atoms with E-state index in [2.05, 4.69) is 10.6 Å². The molecule has 6 heteroatoms. The van der Waals surface area contributed by atoms with Gasteiger partial charge in [0.05, 0.1) is 0 Å². The number of hydrogen-bond acceptors (Lipinski definition) is 3. The Morgan fingerprint density at radius 2 is 1.68 bits per heavy atom. The molecule has 25 heavy (non-hydrogen) atoms. The average Bonchev–Trinajstić information content (AvgIpc) is 2.54. The van der Waals surface area contributed by atoms with Crippen LogP contribution >= 0.6 is 0 Å². The van der Waals surface area contributed by atoms with Crippen molar-refractivity contribution < 1.29 is 9.59 Å². The minimum absolute atomic E-state index is 0.00655. The number of hydrogen-bond donors (Lipinski definition) is 2. The lowest BCUT2D eigenvalue weighted by atomic mass is 10.1. The van der Waals surface area contributed by atoms with Gasteiger partial charge in [0.2, 0.25) is 5.91 Å². The molecule has 1 aromatic carbocycles. The van der Waals surface area contributed by atoms with Crippen LogP contribution < -0.4 is 16.2 Å². The first-order valence-electron chi connectivity index (χ1n) is 8.15. The fourth-order valence-electron chi connectivity index (χ4n) is 2.37. The van der Waals surface area contributed by atoms with Crippen LogP contribution in [0, 0.1) is 13.8 Å². The molecule has 2 rings (SSSR count). The maximum absolute atomic E-state index is 12.6. The first kappa shape index (κ1) is 18.4. The number of nitrogens with one attached hydrogen (secondary N) is 2. The fraction of sp³-hybridized carbons (Fsp3) is 0.316. The van der Waals surface area contributed by atoms with Crippen LogP contribution in [0.5, 0.6) is 0 Å². The second-order valence-electron chi connectivity index (χ2n) is 6.32. The summed E-state index contributed by atoms with van der Waals surface area (Å²) in [6.07, 6.45) is 0. The predicted molar refractivity (Wildman–Crippen MR) is 97.8 cm³/mol. The third kappa shape index (κ3) is 4.79. The molecule has 0 aliphatic carbocycles. The third-order valence-corrected chi connectivity index (χ3v) is 3.71. The van der Waals surface area contributed by atoms with Crippen molar-refractivity contribution in [2.24, 2.45) is 0 Å². The molecule has 0 aliphatic heterocycles. The molecule has 1 heterocycles. The average molecular weight is 341 g/mol. The molecule has 0 spiro atoms. The Morgan fingerprint density at radius 3 is 2.28 bits per heavy atom. The van der Waals surface area contributed by atoms with Gasteiger partial charge in [0.25, 0.3) is 11.5 Å². The molecule has 0 radical (unpaired) electrons. The number of aryl methyl sites for hydroxylation is 2. The van der Waals surface area contributed by atoms with Crippen molar-refractivity contribution in [2.75, 3.05) is 5.32 Å². The molecule has 0 aliphatic rings. The van der Waals surface area contributed by atoms with Gasteiger partial charge in [0.15, 0.2) is 0 Å². The van der Waals surface area contributed by atoms with Gasteiger partial charge >= 0.3 is 0 Å². The monoisotopic (exact) mass is 341 g/mol. The highest BCUT2D eigenvalue weighted by Crippen LogP contribution is 2.08. The van der Waals surface area contributed by atoms with Crippen molar-refractivity contribution >= 4 is 17.5 Å². The molecule has 132 valence electrons. The Kier molecular flexibility index (Phi) is 5.75. The summed E-state index contributed by atoms with van der Waals surface area (Å²) in [6.45, 7) is 7.30. The van der Waals surface area contributed by atoms with Gasteiger partial charge in [0.1, 0.15) is 12.2 Å². The molecule has 2 N–H and O–H groups in total. The number of aromatic nitrogens is 1. The van der Waals surface area contributed by atoms with Gasteiger partial charge in [-0.15, -0.1) is 0 Å². The number of amides is 2. The van der Waals surface area contributed by atoms with Crippen molar-refractivity contribution in [3.8, 4) is 0 Å². The number of pyridine rings is 1. The minimum atomic E-state index is -0.403. The first-order chi connectivity index (χ1) is 11.8. The van der Waals surface area contributed by atoms with E-state index in [1.54, 1.807) is 31.2 Å². The second kappa shape index (κ2) is 7.79. The summed E-state index contributed by atoms with van der Waals surface area (Å²) in [5.74, 6) is -0.610. The molecule has 2 aromatic rings. The van der Waals surface area contributed by atoms with Crippen molar-refractivity contribution in [3.63, 3.8) is 0 Å². The van der Waals surface area contributed by atoms with Gasteiger partial charge in [-0.1, -0.05) is 17.7 Å². The third-order valence-electron chi connectivity index (χ3n) is 3.71. The quantitative estimate of drug-likeness (QED) is 0.875. The number of rotatable bonds is 5. The fourth-order valence-corrected chi connectivity index (χ4v) is 2.37.